The fraction of sp³-hybridized carbons (Fsp3) is 0.506. The molecular formula is C89H125N19O21S. The zero-order valence-corrected chi connectivity index (χ0v) is 75.9. The van der Waals surface area contributed by atoms with Gasteiger partial charge < -0.3 is 116 Å². The lowest BCUT2D eigenvalue weighted by molar-refractivity contribution is -0.147. The number of thioether (sulfide) groups is 1. The Morgan fingerprint density at radius 3 is 1.48 bits per heavy atom. The van der Waals surface area contributed by atoms with Crippen LogP contribution in [0.5, 0.6) is 5.75 Å². The van der Waals surface area contributed by atoms with Crippen LogP contribution in [0.2, 0.25) is 0 Å². The van der Waals surface area contributed by atoms with Crippen LogP contribution in [0.1, 0.15) is 131 Å². The number of rotatable bonds is 25. The second-order valence-corrected chi connectivity index (χ2v) is 34.9. The van der Waals surface area contributed by atoms with Crippen molar-refractivity contribution in [1.82, 2.24) is 83.9 Å². The summed E-state index contributed by atoms with van der Waals surface area (Å²) in [5.41, 5.74) is 20.4. The summed E-state index contributed by atoms with van der Waals surface area (Å²) in [7, 11) is 2.47. The average molecular weight is 1830 g/mol. The molecule has 40 nitrogen and oxygen atoms in total. The van der Waals surface area contributed by atoms with Crippen molar-refractivity contribution in [1.29, 1.82) is 0 Å². The van der Waals surface area contributed by atoms with Gasteiger partial charge in [-0.15, -0.1) is 11.8 Å². The minimum absolute atomic E-state index is 0.118. The van der Waals surface area contributed by atoms with E-state index >= 15 is 24.0 Å². The van der Waals surface area contributed by atoms with E-state index in [-0.39, 0.29) is 56.7 Å². The molecule has 5 aromatic rings. The van der Waals surface area contributed by atoms with Crippen LogP contribution in [0, 0.1) is 23.7 Å². The number of hydrogen-bond acceptors (Lipinski definition) is 22. The summed E-state index contributed by atoms with van der Waals surface area (Å²) in [6, 6.07) is 5.96. The number of phenols is 1. The molecule has 0 unspecified atom stereocenters. The van der Waals surface area contributed by atoms with E-state index in [0.29, 0.717) is 45.8 Å². The molecule has 0 bridgehead atoms. The van der Waals surface area contributed by atoms with E-state index < -0.39 is 253 Å². The third-order valence-corrected chi connectivity index (χ3v) is 22.5. The van der Waals surface area contributed by atoms with E-state index in [0.717, 1.165) is 20.9 Å². The number of carboxylic acid groups (broad SMARTS) is 1. The molecule has 708 valence electrons. The van der Waals surface area contributed by atoms with Crippen LogP contribution in [-0.4, -0.2) is 266 Å². The number of carbonyl (C=O) groups is 18. The first-order valence-electron chi connectivity index (χ1n) is 43.0. The van der Waals surface area contributed by atoms with Gasteiger partial charge in [-0.1, -0.05) is 140 Å². The van der Waals surface area contributed by atoms with Crippen molar-refractivity contribution < 1.29 is 102 Å². The average Bonchev–Trinajstić information content (AvgIpc) is 1.58. The molecule has 2 heterocycles. The molecule has 14 atom stereocenters. The Morgan fingerprint density at radius 2 is 0.946 bits per heavy atom. The lowest BCUT2D eigenvalue weighted by Gasteiger charge is -2.33. The molecule has 130 heavy (non-hydrogen) atoms. The predicted molar refractivity (Wildman–Crippen MR) is 481 cm³/mol. The number of carbonyl (C=O) groups excluding carboxylic acids is 17. The molecule has 1 aliphatic rings. The van der Waals surface area contributed by atoms with Gasteiger partial charge in [0.15, 0.2) is 0 Å². The minimum Gasteiger partial charge on any atom is -0.508 e. The molecule has 6 rings (SSSR count). The lowest BCUT2D eigenvalue weighted by atomic mass is 9.97. The van der Waals surface area contributed by atoms with Crippen molar-refractivity contribution in [3.8, 4) is 16.9 Å². The van der Waals surface area contributed by atoms with Crippen LogP contribution < -0.4 is 86.3 Å². The van der Waals surface area contributed by atoms with E-state index in [9.17, 15) is 77.6 Å². The number of aliphatic carboxylic acids is 1. The summed E-state index contributed by atoms with van der Waals surface area (Å²) >= 11 is 0.705. The molecule has 1 aliphatic heterocycles. The number of carboxylic acids is 1. The van der Waals surface area contributed by atoms with Gasteiger partial charge in [0.05, 0.1) is 31.7 Å². The van der Waals surface area contributed by atoms with Gasteiger partial charge in [-0.05, 0) is 122 Å². The normalized spacial score (nSPS) is 23.4. The van der Waals surface area contributed by atoms with Gasteiger partial charge in [0.2, 0.25) is 100 Å². The monoisotopic (exact) mass is 1830 g/mol. The van der Waals surface area contributed by atoms with Gasteiger partial charge in [-0.3, -0.25) is 86.3 Å². The number of nitrogens with zero attached hydrogens (tertiary/aromatic N) is 2. The van der Waals surface area contributed by atoms with E-state index in [2.05, 4.69) is 74.1 Å². The number of aromatic amines is 1. The second kappa shape index (κ2) is 51.2. The first-order chi connectivity index (χ1) is 61.4. The van der Waals surface area contributed by atoms with E-state index in [1.807, 2.05) is 30.3 Å². The third-order valence-electron chi connectivity index (χ3n) is 21.5. The number of unbranched alkanes of at least 4 members (excludes halogenated alkanes) is 1. The summed E-state index contributed by atoms with van der Waals surface area (Å²) in [4.78, 5) is 262. The molecule has 0 spiro atoms. The Labute approximate surface area is 758 Å². The number of nitrogens with one attached hydrogen (secondary N) is 14. The molecule has 41 heteroatoms. The molecule has 1 aromatic heterocycles. The number of primary amides is 2. The molecule has 0 radical (unpaired) electrons. The first-order valence-corrected chi connectivity index (χ1v) is 44.1. The molecule has 1 fully saturated rings. The molecule has 17 amide bonds. The summed E-state index contributed by atoms with van der Waals surface area (Å²) in [6.45, 7) is 13.8. The molecular weight excluding hydrogens is 1700 g/mol. The Kier molecular flexibility index (Phi) is 41.7. The standard InChI is InChI=1S/C89H125N19O21S/c1-46(2)34-61-78(118)100-64(36-52-25-29-55(30-26-52)54-20-14-13-15-21-54)84(124)106-75(49(7)8)89(129)108(12)51(10)88(128)107(11)42-71(112)96-66(39-70(91)111)81(121)98-62(35-47(3)4)83(123)105-74(48(5)6)87(127)103-68(43-109)85(125)104-69(86(126)94-50(9)76(92)116)44-130-45-72(113)95-60(24-18-19-33-90)77(117)99-63(37-53-27-31-57(110)32-28-53)79(119)102-67(40-73(114)115)82(122)101-65(80(120)97-61)38-56-41-93-59-23-17-16-22-58(56)59/h13-17,20-23,25-32,41,46-51,60-69,74-75,93,109-110H,18-19,24,33-40,42-45,90H2,1-12H3,(H2,91,111)(H2,92,116)(H,94,126)(H,95,113)(H,96,112)(H,97,120)(H,98,121)(H,99,117)(H,100,118)(H,101,122)(H,102,119)(H,103,127)(H,104,125)(H,105,123)(H,106,124)(H,114,115)/t50-,51-,60-,61-,62-,63-,64-,65-,66-,67-,68-,69-,74-,75-/m0/s1. The molecule has 23 N–H and O–H groups in total. The number of H-pyrrole nitrogens is 1. The predicted octanol–water partition coefficient (Wildman–Crippen LogP) is -1.70. The van der Waals surface area contributed by atoms with Crippen molar-refractivity contribution in [2.45, 2.75) is 218 Å². The number of aromatic nitrogens is 1. The van der Waals surface area contributed by atoms with E-state index in [1.54, 1.807) is 96.3 Å². The van der Waals surface area contributed by atoms with Gasteiger partial charge in [0.25, 0.3) is 0 Å². The number of amides is 17. The molecule has 4 aromatic carbocycles. The Hall–Kier alpha value is -13.1. The number of likely N-dealkylation sites (N-methyl/N-ethyl adjacent to an activating group) is 2. The van der Waals surface area contributed by atoms with Gasteiger partial charge in [-0.2, -0.15) is 0 Å². The van der Waals surface area contributed by atoms with Gasteiger partial charge in [-0.25, -0.2) is 0 Å². The summed E-state index contributed by atoms with van der Waals surface area (Å²) in [5.74, 6) is -22.6. The van der Waals surface area contributed by atoms with E-state index in [4.69, 9.17) is 17.2 Å². The SMILES string of the molecule is CC(C)C[C@@H]1NC(=O)[C@H](Cc2c[nH]c3ccccc23)NC(=O)[C@H](CC(=O)O)NC(=O)[C@H](Cc2ccc(O)cc2)NC(=O)[C@H](CCCCN)NC(=O)CSC[C@@H](C(=O)N[C@@H](C)C(N)=O)NC(=O)[C@H](CO)NC(=O)[C@H](C(C)C)NC(=O)[C@H](CC(C)C)NC(=O)[C@H](CC(N)=O)NC(=O)CN(C)C(=O)[C@H](C)N(C)C(=O)[C@H](C(C)C)NC(=O)[C@H](Cc2ccc(-c3ccccc3)cc2)NC1=O. The maximum absolute atomic E-state index is 15.4. The number of hydrogen-bond donors (Lipinski definition) is 20. The highest BCUT2D eigenvalue weighted by molar-refractivity contribution is 8.00. The largest absolute Gasteiger partial charge is 0.508 e. The highest BCUT2D eigenvalue weighted by Crippen LogP contribution is 2.24. The lowest BCUT2D eigenvalue weighted by Crippen LogP contribution is -2.61. The maximum Gasteiger partial charge on any atom is 0.305 e. The number of fused-ring (bicyclic) bond motifs is 1. The van der Waals surface area contributed by atoms with Crippen LogP contribution in [0.3, 0.4) is 0 Å². The number of aromatic hydroxyl groups is 1. The number of aliphatic hydroxyl groups is 1. The smallest absolute Gasteiger partial charge is 0.305 e. The Morgan fingerprint density at radius 1 is 0.492 bits per heavy atom. The number of phenolic OH excluding ortho intramolecular Hbond substituents is 1. The summed E-state index contributed by atoms with van der Waals surface area (Å²) in [5, 5.41) is 65.1. The fourth-order valence-corrected chi connectivity index (χ4v) is 15.0. The summed E-state index contributed by atoms with van der Waals surface area (Å²) < 4.78 is 0. The zero-order valence-electron chi connectivity index (χ0n) is 75.1. The van der Waals surface area contributed by atoms with Crippen molar-refractivity contribution in [3.05, 3.63) is 126 Å². The van der Waals surface area contributed by atoms with E-state index in [1.165, 1.54) is 66.1 Å². The molecule has 1 saturated heterocycles. The van der Waals surface area contributed by atoms with Crippen LogP contribution in [0.15, 0.2) is 109 Å². The van der Waals surface area contributed by atoms with Crippen molar-refractivity contribution >= 4 is 129 Å². The van der Waals surface area contributed by atoms with Gasteiger partial charge >= 0.3 is 5.97 Å². The first kappa shape index (κ1) is 106. The van der Waals surface area contributed by atoms with Crippen molar-refractivity contribution in [2.24, 2.45) is 40.9 Å². The topological polar surface area (TPSA) is 625 Å². The van der Waals surface area contributed by atoms with Crippen molar-refractivity contribution in [2.75, 3.05) is 45.3 Å². The van der Waals surface area contributed by atoms with Gasteiger partial charge in [0, 0.05) is 56.2 Å². The van der Waals surface area contributed by atoms with Crippen molar-refractivity contribution in [3.63, 3.8) is 0 Å². The summed E-state index contributed by atoms with van der Waals surface area (Å²) in [6.07, 6.45) is -1.30. The number of aliphatic hydroxyl groups excluding tert-OH is 1. The highest BCUT2D eigenvalue weighted by Gasteiger charge is 2.41. The zero-order chi connectivity index (χ0) is 96.5. The van der Waals surface area contributed by atoms with Gasteiger partial charge in [0.1, 0.15) is 90.3 Å². The quantitative estimate of drug-likeness (QED) is 0.0290. The van der Waals surface area contributed by atoms with Crippen LogP contribution in [-0.2, 0) is 106 Å². The number of nitrogens with two attached hydrogens (primary N) is 3. The molecule has 0 aliphatic carbocycles. The van der Waals surface area contributed by atoms with Crippen LogP contribution in [0.4, 0.5) is 0 Å². The second-order valence-electron chi connectivity index (χ2n) is 33.9. The number of para-hydroxylation sites is 1. The van der Waals surface area contributed by atoms with Crippen LogP contribution >= 0.6 is 11.8 Å². The minimum atomic E-state index is -2.05. The third kappa shape index (κ3) is 33.2. The van der Waals surface area contributed by atoms with Crippen LogP contribution in [0.25, 0.3) is 22.0 Å². The fourth-order valence-electron chi connectivity index (χ4n) is 14.1. The Balaban J connectivity index is 1.46. The Bertz CT molecular complexity index is 4800. The molecule has 0 saturated carbocycles. The maximum atomic E-state index is 15.4. The highest BCUT2D eigenvalue weighted by atomic mass is 32.2. The number of benzene rings is 4.